The number of hydrogen-bond donors (Lipinski definition) is 31. The molecule has 0 saturated heterocycles. The summed E-state index contributed by atoms with van der Waals surface area (Å²) in [7, 11) is 0. The van der Waals surface area contributed by atoms with Gasteiger partial charge in [0, 0.05) is 25.8 Å². The Kier molecular flexibility index (Phi) is 44.9. The first-order valence-corrected chi connectivity index (χ1v) is 36.1. The lowest BCUT2D eigenvalue weighted by Gasteiger charge is -2.28. The zero-order valence-corrected chi connectivity index (χ0v) is 63.4. The van der Waals surface area contributed by atoms with Gasteiger partial charge in [0.25, 0.3) is 0 Å². The Bertz CT molecular complexity index is 3750. The number of carboxylic acids is 3. The van der Waals surface area contributed by atoms with Crippen LogP contribution >= 0.6 is 0 Å². The topological polar surface area (TPSA) is 838 Å². The highest BCUT2D eigenvalue weighted by atomic mass is 16.4. The van der Waals surface area contributed by atoms with Gasteiger partial charge in [0.2, 0.25) is 88.6 Å². The van der Waals surface area contributed by atoms with Crippen molar-refractivity contribution in [2.45, 2.75) is 181 Å². The number of aliphatic hydroxyl groups excluding tert-OH is 7. The van der Waals surface area contributed by atoms with Crippen LogP contribution in [0.2, 0.25) is 0 Å². The van der Waals surface area contributed by atoms with Gasteiger partial charge in [0.05, 0.1) is 64.6 Å². The molecule has 16 atom stereocenters. The summed E-state index contributed by atoms with van der Waals surface area (Å²) in [4.78, 5) is 240. The number of aliphatic carboxylic acids is 3. The number of guanidine groups is 1. The Morgan fingerprint density at radius 1 is 0.393 bits per heavy atom. The highest BCUT2D eigenvalue weighted by Gasteiger charge is 2.39. The molecule has 117 heavy (non-hydrogen) atoms. The minimum absolute atomic E-state index is 0.129. The maximum absolute atomic E-state index is 14.3. The normalized spacial score (nSPS) is 15.1. The van der Waals surface area contributed by atoms with Crippen LogP contribution in [0, 0.1) is 5.41 Å². The van der Waals surface area contributed by atoms with E-state index in [1.54, 1.807) is 6.07 Å². The first kappa shape index (κ1) is 101. The molecular weight excluding hydrogens is 1560 g/mol. The molecule has 2 rings (SSSR count). The van der Waals surface area contributed by atoms with Gasteiger partial charge in [-0.1, -0.05) is 42.5 Å². The molecule has 0 aromatic heterocycles. The predicted molar refractivity (Wildman–Crippen MR) is 399 cm³/mol. The third-order valence-electron chi connectivity index (χ3n) is 16.8. The van der Waals surface area contributed by atoms with E-state index >= 15 is 0 Å². The van der Waals surface area contributed by atoms with Crippen molar-refractivity contribution >= 4 is 112 Å². The van der Waals surface area contributed by atoms with Gasteiger partial charge in [-0.15, -0.1) is 0 Å². The first-order valence-electron chi connectivity index (χ1n) is 36.1. The maximum atomic E-state index is 14.3. The van der Waals surface area contributed by atoms with Crippen molar-refractivity contribution in [3.8, 4) is 5.75 Å². The number of carbonyl (C=O) groups is 18. The zero-order chi connectivity index (χ0) is 88.3. The molecule has 0 bridgehead atoms. The molecule has 0 aliphatic heterocycles. The van der Waals surface area contributed by atoms with Crippen LogP contribution in [-0.2, 0) is 99.1 Å². The summed E-state index contributed by atoms with van der Waals surface area (Å²) >= 11 is 0. The number of benzene rings is 2. The van der Waals surface area contributed by atoms with Crippen molar-refractivity contribution in [2.75, 3.05) is 52.7 Å². The van der Waals surface area contributed by atoms with Crippen molar-refractivity contribution in [1.29, 1.82) is 5.41 Å². The molecule has 2 aromatic carbocycles. The van der Waals surface area contributed by atoms with Gasteiger partial charge in [-0.05, 0) is 82.2 Å². The molecule has 0 aliphatic rings. The lowest BCUT2D eigenvalue weighted by atomic mass is 10.0. The minimum atomic E-state index is -2.19. The van der Waals surface area contributed by atoms with Crippen LogP contribution in [0.3, 0.4) is 0 Å². The molecule has 0 unspecified atom stereocenters. The number of aromatic hydroxyl groups is 1. The molecule has 0 saturated carbocycles. The fourth-order valence-electron chi connectivity index (χ4n) is 10.4. The number of phenolic OH excluding ortho intramolecular Hbond substituents is 1. The van der Waals surface area contributed by atoms with Crippen LogP contribution in [0.25, 0.3) is 0 Å². The van der Waals surface area contributed by atoms with Gasteiger partial charge in [-0.2, -0.15) is 0 Å². The third-order valence-corrected chi connectivity index (χ3v) is 16.8. The number of primary amides is 1. The summed E-state index contributed by atoms with van der Waals surface area (Å²) in [5.41, 5.74) is 22.4. The largest absolute Gasteiger partial charge is 0.508 e. The quantitative estimate of drug-likeness (QED) is 0.0166. The SMILES string of the molecule is C[C@@H](O)[C@H](NC(=O)[C@H](CO)NC(=O)[C@H](CC(=O)O)NC(=O)CNC(=O)[C@H](CCCNC(=N)N)NC(=O)[C@H](CC(N)=O)NC(=O)[C@H](Cc1ccc(O)cc1)NC(=O)[C@H](CO)NC(=O)[C@@H](NC(=O)[C@@H](N)CO)[C@@H](C)O)C(=O)N[C@@H](Cc1ccccc1)C(=O)N[C@@H](CCC(=O)O)C(=O)N[C@@H](CO)C(=O)N[C@@H](CCCCN)C(=O)N[C@@H](CO)C(=O)O. The molecule has 0 fully saturated rings. The molecule has 0 spiro atoms. The van der Waals surface area contributed by atoms with E-state index in [2.05, 4.69) is 63.8 Å². The van der Waals surface area contributed by atoms with Crippen LogP contribution in [0.5, 0.6) is 5.75 Å². The van der Waals surface area contributed by atoms with E-state index in [1.807, 2.05) is 16.0 Å². The van der Waals surface area contributed by atoms with Gasteiger partial charge >= 0.3 is 17.9 Å². The highest BCUT2D eigenvalue weighted by molar-refractivity contribution is 6.01. The van der Waals surface area contributed by atoms with Crippen molar-refractivity contribution in [1.82, 2.24) is 79.8 Å². The van der Waals surface area contributed by atoms with Crippen molar-refractivity contribution in [3.05, 3.63) is 65.7 Å². The van der Waals surface area contributed by atoms with E-state index in [9.17, 15) is 142 Å². The Morgan fingerprint density at radius 2 is 0.769 bits per heavy atom. The lowest BCUT2D eigenvalue weighted by Crippen LogP contribution is -2.62. The summed E-state index contributed by atoms with van der Waals surface area (Å²) in [6.45, 7) is -4.83. The second kappa shape index (κ2) is 52.2. The van der Waals surface area contributed by atoms with Crippen LogP contribution in [0.15, 0.2) is 54.6 Å². The number of amides is 15. The smallest absolute Gasteiger partial charge is 0.328 e. The average Bonchev–Trinajstić information content (AvgIpc) is 0.858. The molecule has 0 radical (unpaired) electrons. The summed E-state index contributed by atoms with van der Waals surface area (Å²) in [6, 6.07) is -14.0. The number of unbranched alkanes of at least 4 members (excludes halogenated alkanes) is 1. The average molecular weight is 1670 g/mol. The van der Waals surface area contributed by atoms with Gasteiger partial charge in [-0.25, -0.2) is 4.79 Å². The van der Waals surface area contributed by atoms with E-state index in [1.165, 1.54) is 48.5 Å². The first-order chi connectivity index (χ1) is 55.1. The van der Waals surface area contributed by atoms with E-state index in [4.69, 9.17) is 28.3 Å². The second-order valence-corrected chi connectivity index (χ2v) is 26.3. The van der Waals surface area contributed by atoms with Crippen LogP contribution in [0.4, 0.5) is 0 Å². The van der Waals surface area contributed by atoms with Gasteiger partial charge in [0.1, 0.15) is 90.3 Å². The van der Waals surface area contributed by atoms with Crippen LogP contribution < -0.4 is 103 Å². The number of carboxylic acid groups (broad SMARTS) is 3. The number of nitrogens with one attached hydrogen (secondary N) is 16. The Labute approximate surface area is 666 Å². The molecular formula is C68H104N20O29. The second-order valence-electron chi connectivity index (χ2n) is 26.3. The fourth-order valence-corrected chi connectivity index (χ4v) is 10.4. The van der Waals surface area contributed by atoms with E-state index in [0.717, 1.165) is 13.8 Å². The Balaban J connectivity index is 2.44. The fraction of sp³-hybridized carbons (Fsp3) is 0.544. The van der Waals surface area contributed by atoms with E-state index in [0.29, 0.717) is 12.0 Å². The van der Waals surface area contributed by atoms with E-state index in [-0.39, 0.29) is 43.7 Å². The van der Waals surface area contributed by atoms with Crippen LogP contribution in [0.1, 0.15) is 82.8 Å². The monoisotopic (exact) mass is 1660 g/mol. The van der Waals surface area contributed by atoms with Gasteiger partial charge < -0.3 is 159 Å². The molecule has 49 nitrogen and oxygen atoms in total. The van der Waals surface area contributed by atoms with E-state index < -0.39 is 294 Å². The maximum Gasteiger partial charge on any atom is 0.328 e. The Hall–Kier alpha value is -12.4. The summed E-state index contributed by atoms with van der Waals surface area (Å²) in [6.07, 6.45) is -8.66. The summed E-state index contributed by atoms with van der Waals surface area (Å²) in [5, 5.41) is 149. The van der Waals surface area contributed by atoms with Crippen molar-refractivity contribution in [3.63, 3.8) is 0 Å². The molecule has 35 N–H and O–H groups in total. The molecule has 650 valence electrons. The predicted octanol–water partition coefficient (Wildman–Crippen LogP) is -14.7. The number of rotatable bonds is 55. The molecule has 0 heterocycles. The highest BCUT2D eigenvalue weighted by Crippen LogP contribution is 2.14. The van der Waals surface area contributed by atoms with Crippen molar-refractivity contribution in [2.24, 2.45) is 22.9 Å². The third kappa shape index (κ3) is 37.2. The standard InChI is InChI=1S/C68H104N20O29/c1-31(94)52(87-54(103)36(70)26-89)66(115)85-45(28-91)63(112)80-40(22-34-13-15-35(96)16-14-34)59(108)81-42(23-48(71)97)60(109)77-37(12-8-20-74-68(72)73)55(104)75-25-49(98)76-43(24-51(101)102)61(110)84-46(29-92)64(113)88-53(32(2)95)65(114)82-41(21-33-9-4-3-5-10-33)58(107)79-39(17-18-50(99)100)57(106)83-44(27-90)62(111)78-38(11-6-7-19-69)56(105)86-47(30-93)67(116)117/h3-5,9-10,13-16,31-32,36-47,52-53,89-96H,6-8,11-12,17-30,69-70H2,1-2H3,(H2,71,97)(H,75,104)(H,76,98)(H,77,109)(H,78,111)(H,79,107)(H,80,112)(H,81,108)(H,82,114)(H,83,106)(H,84,110)(H,85,115)(H,86,105)(H,87,103)(H,88,113)(H,99,100)(H,101,102)(H,116,117)(H4,72,73,74)/t31-,32-,36+,37+,38+,39+,40+,41+,42+,43+,44+,45+,46+,47+,52+,53+/m1/s1. The number of hydrogen-bond acceptors (Lipinski definition) is 29. The number of nitrogens with two attached hydrogens (primary N) is 4. The molecule has 49 heteroatoms. The molecule has 15 amide bonds. The van der Waals surface area contributed by atoms with Gasteiger partial charge in [0.15, 0.2) is 5.96 Å². The van der Waals surface area contributed by atoms with Crippen LogP contribution in [-0.4, -0.2) is 318 Å². The Morgan fingerprint density at radius 3 is 1.21 bits per heavy atom. The number of aliphatic hydroxyl groups is 7. The lowest BCUT2D eigenvalue weighted by molar-refractivity contribution is -0.143. The van der Waals surface area contributed by atoms with Crippen molar-refractivity contribution < 1.29 is 142 Å². The summed E-state index contributed by atoms with van der Waals surface area (Å²) < 4.78 is 0. The number of carbonyl (C=O) groups excluding carboxylic acids is 15. The molecule has 0 aliphatic carbocycles. The van der Waals surface area contributed by atoms with Gasteiger partial charge in [-0.3, -0.25) is 86.9 Å². The minimum Gasteiger partial charge on any atom is -0.508 e. The number of phenols is 1. The molecule has 2 aromatic rings. The zero-order valence-electron chi connectivity index (χ0n) is 63.4. The summed E-state index contributed by atoms with van der Waals surface area (Å²) in [5.74, 6) is -25.2.